The van der Waals surface area contributed by atoms with E-state index in [9.17, 15) is 9.90 Å². The summed E-state index contributed by atoms with van der Waals surface area (Å²) in [5.41, 5.74) is 0.528. The van der Waals surface area contributed by atoms with Crippen LogP contribution in [-0.4, -0.2) is 10.1 Å². The van der Waals surface area contributed by atoms with Crippen molar-refractivity contribution in [1.82, 2.24) is 4.98 Å². The van der Waals surface area contributed by atoms with Crippen LogP contribution in [0.5, 0.6) is 5.75 Å². The minimum absolute atomic E-state index is 0.107. The second kappa shape index (κ2) is 3.06. The highest BCUT2D eigenvalue weighted by atomic mass is 16.4. The molecule has 1 N–H and O–H groups in total. The minimum Gasteiger partial charge on any atom is -0.507 e. The smallest absolute Gasteiger partial charge is 0.339 e. The van der Waals surface area contributed by atoms with Crippen molar-refractivity contribution in [2.45, 2.75) is 0 Å². The molecular weight excluding hydrogens is 206 g/mol. The molecular formula is C12H7NO3. The Labute approximate surface area is 89.8 Å². The van der Waals surface area contributed by atoms with E-state index in [0.29, 0.717) is 16.4 Å². The summed E-state index contributed by atoms with van der Waals surface area (Å²) >= 11 is 0. The van der Waals surface area contributed by atoms with Gasteiger partial charge in [-0.1, -0.05) is 12.1 Å². The standard InChI is InChI=1S/C12H7NO3/c14-10-5-11(15)16-12-7-3-1-2-4-9(7)13-6-8(10)12/h1-6,14H. The summed E-state index contributed by atoms with van der Waals surface area (Å²) in [7, 11) is 0. The van der Waals surface area contributed by atoms with Crippen molar-refractivity contribution in [2.24, 2.45) is 0 Å². The number of para-hydroxylation sites is 1. The molecule has 2 aromatic heterocycles. The number of rotatable bonds is 0. The van der Waals surface area contributed by atoms with Crippen LogP contribution in [0, 0.1) is 0 Å². The third-order valence-electron chi connectivity index (χ3n) is 2.46. The van der Waals surface area contributed by atoms with Gasteiger partial charge >= 0.3 is 5.63 Å². The minimum atomic E-state index is -0.568. The van der Waals surface area contributed by atoms with E-state index in [1.165, 1.54) is 6.20 Å². The van der Waals surface area contributed by atoms with E-state index in [1.54, 1.807) is 6.07 Å². The predicted octanol–water partition coefficient (Wildman–Crippen LogP) is 2.05. The molecule has 3 rings (SSSR count). The molecule has 0 fully saturated rings. The van der Waals surface area contributed by atoms with Crippen molar-refractivity contribution in [3.8, 4) is 5.75 Å². The first kappa shape index (κ1) is 8.91. The fourth-order valence-corrected chi connectivity index (χ4v) is 1.73. The Morgan fingerprint density at radius 3 is 2.88 bits per heavy atom. The van der Waals surface area contributed by atoms with E-state index in [0.717, 1.165) is 11.6 Å². The zero-order valence-corrected chi connectivity index (χ0v) is 8.18. The third-order valence-corrected chi connectivity index (χ3v) is 2.46. The summed E-state index contributed by atoms with van der Waals surface area (Å²) in [6, 6.07) is 8.33. The van der Waals surface area contributed by atoms with E-state index in [1.807, 2.05) is 18.2 Å². The molecule has 0 amide bonds. The topological polar surface area (TPSA) is 63.3 Å². The fourth-order valence-electron chi connectivity index (χ4n) is 1.73. The lowest BCUT2D eigenvalue weighted by Crippen LogP contribution is -1.96. The van der Waals surface area contributed by atoms with Gasteiger partial charge in [0.25, 0.3) is 0 Å². The van der Waals surface area contributed by atoms with Crippen LogP contribution in [0.1, 0.15) is 0 Å². The monoisotopic (exact) mass is 213 g/mol. The Hall–Kier alpha value is -2.36. The van der Waals surface area contributed by atoms with Crippen molar-refractivity contribution in [3.05, 3.63) is 46.9 Å². The van der Waals surface area contributed by atoms with E-state index >= 15 is 0 Å². The second-order valence-electron chi connectivity index (χ2n) is 3.47. The predicted molar refractivity (Wildman–Crippen MR) is 59.4 cm³/mol. The molecule has 16 heavy (non-hydrogen) atoms. The van der Waals surface area contributed by atoms with Crippen LogP contribution in [0.25, 0.3) is 21.9 Å². The van der Waals surface area contributed by atoms with Crippen molar-refractivity contribution in [3.63, 3.8) is 0 Å². The highest BCUT2D eigenvalue weighted by Crippen LogP contribution is 2.27. The molecule has 0 bridgehead atoms. The number of hydrogen-bond acceptors (Lipinski definition) is 4. The molecule has 0 radical (unpaired) electrons. The Kier molecular flexibility index (Phi) is 1.71. The number of pyridine rings is 1. The summed E-state index contributed by atoms with van der Waals surface area (Å²) in [6.45, 7) is 0. The number of aromatic nitrogens is 1. The van der Waals surface area contributed by atoms with Gasteiger partial charge in [-0.2, -0.15) is 0 Å². The first-order valence-electron chi connectivity index (χ1n) is 4.76. The molecule has 0 saturated carbocycles. The van der Waals surface area contributed by atoms with Gasteiger partial charge in [-0.05, 0) is 12.1 Å². The van der Waals surface area contributed by atoms with Gasteiger partial charge in [-0.3, -0.25) is 4.98 Å². The second-order valence-corrected chi connectivity index (χ2v) is 3.47. The molecule has 0 aliphatic heterocycles. The maximum atomic E-state index is 11.2. The first-order chi connectivity index (χ1) is 7.75. The number of nitrogens with zero attached hydrogens (tertiary/aromatic N) is 1. The zero-order valence-electron chi connectivity index (χ0n) is 8.18. The van der Waals surface area contributed by atoms with Crippen molar-refractivity contribution in [2.75, 3.05) is 0 Å². The van der Waals surface area contributed by atoms with Gasteiger partial charge in [0, 0.05) is 11.6 Å². The number of aromatic hydroxyl groups is 1. The molecule has 0 aliphatic rings. The van der Waals surface area contributed by atoms with Crippen molar-refractivity contribution >= 4 is 21.9 Å². The van der Waals surface area contributed by atoms with Crippen LogP contribution in [0.15, 0.2) is 45.7 Å². The molecule has 0 unspecified atom stereocenters. The van der Waals surface area contributed by atoms with E-state index < -0.39 is 5.63 Å². The Morgan fingerprint density at radius 1 is 1.19 bits per heavy atom. The van der Waals surface area contributed by atoms with Gasteiger partial charge in [0.2, 0.25) is 0 Å². The average Bonchev–Trinajstić information content (AvgIpc) is 2.28. The maximum absolute atomic E-state index is 11.2. The third kappa shape index (κ3) is 1.16. The SMILES string of the molecule is O=c1cc(O)c2cnc3ccccc3c2o1. The zero-order chi connectivity index (χ0) is 11.1. The first-order valence-corrected chi connectivity index (χ1v) is 4.76. The molecule has 0 spiro atoms. The van der Waals surface area contributed by atoms with Crippen LogP contribution in [-0.2, 0) is 0 Å². The largest absolute Gasteiger partial charge is 0.507 e. The molecule has 3 aromatic rings. The summed E-state index contributed by atoms with van der Waals surface area (Å²) in [5.74, 6) is -0.107. The van der Waals surface area contributed by atoms with Gasteiger partial charge in [0.05, 0.1) is 17.0 Å². The van der Waals surface area contributed by atoms with Gasteiger partial charge in [-0.25, -0.2) is 4.79 Å². The van der Waals surface area contributed by atoms with Gasteiger partial charge in [-0.15, -0.1) is 0 Å². The molecule has 1 aromatic carbocycles. The summed E-state index contributed by atoms with van der Waals surface area (Å²) in [6.07, 6.45) is 1.50. The van der Waals surface area contributed by atoms with Crippen LogP contribution in [0.4, 0.5) is 0 Å². The molecule has 4 heteroatoms. The number of benzene rings is 1. The normalized spacial score (nSPS) is 11.0. The lowest BCUT2D eigenvalue weighted by Gasteiger charge is -2.02. The van der Waals surface area contributed by atoms with Crippen LogP contribution in [0.2, 0.25) is 0 Å². The van der Waals surface area contributed by atoms with E-state index in [4.69, 9.17) is 4.42 Å². The van der Waals surface area contributed by atoms with Crippen LogP contribution in [0.3, 0.4) is 0 Å². The van der Waals surface area contributed by atoms with Crippen LogP contribution < -0.4 is 5.63 Å². The van der Waals surface area contributed by atoms with Crippen LogP contribution >= 0.6 is 0 Å². The maximum Gasteiger partial charge on any atom is 0.339 e. The van der Waals surface area contributed by atoms with Gasteiger partial charge in [0.1, 0.15) is 5.75 Å². The highest BCUT2D eigenvalue weighted by molar-refractivity contribution is 6.03. The van der Waals surface area contributed by atoms with Gasteiger partial charge in [0.15, 0.2) is 5.58 Å². The number of hydrogen-bond donors (Lipinski definition) is 1. The Bertz CT molecular complexity index is 746. The van der Waals surface area contributed by atoms with Crippen molar-refractivity contribution < 1.29 is 9.52 Å². The lowest BCUT2D eigenvalue weighted by molar-refractivity contribution is 0.468. The summed E-state index contributed by atoms with van der Waals surface area (Å²) in [5, 5.41) is 10.8. The molecule has 0 aliphatic carbocycles. The Balaban J connectivity index is 2.65. The van der Waals surface area contributed by atoms with Gasteiger partial charge < -0.3 is 9.52 Å². The molecule has 0 atom stereocenters. The highest BCUT2D eigenvalue weighted by Gasteiger charge is 2.08. The lowest BCUT2D eigenvalue weighted by atomic mass is 10.1. The molecule has 2 heterocycles. The fraction of sp³-hybridized carbons (Fsp3) is 0. The summed E-state index contributed by atoms with van der Waals surface area (Å²) < 4.78 is 5.10. The quantitative estimate of drug-likeness (QED) is 0.580. The Morgan fingerprint density at radius 2 is 2.00 bits per heavy atom. The van der Waals surface area contributed by atoms with E-state index in [2.05, 4.69) is 4.98 Å². The average molecular weight is 213 g/mol. The van der Waals surface area contributed by atoms with E-state index in [-0.39, 0.29) is 5.75 Å². The van der Waals surface area contributed by atoms with Crippen molar-refractivity contribution in [1.29, 1.82) is 0 Å². The molecule has 78 valence electrons. The molecule has 4 nitrogen and oxygen atoms in total. The number of fused-ring (bicyclic) bond motifs is 3. The molecule has 0 saturated heterocycles. The summed E-state index contributed by atoms with van der Waals surface area (Å²) in [4.78, 5) is 15.4.